The first-order chi connectivity index (χ1) is 9.75. The normalized spacial score (nSPS) is 18.5. The fourth-order valence-electron chi connectivity index (χ4n) is 2.84. The van der Waals surface area contributed by atoms with Gasteiger partial charge in [-0.1, -0.05) is 39.0 Å². The van der Waals surface area contributed by atoms with E-state index in [1.807, 2.05) is 0 Å². The van der Waals surface area contributed by atoms with Crippen molar-refractivity contribution in [3.8, 4) is 0 Å². The van der Waals surface area contributed by atoms with E-state index in [1.54, 1.807) is 0 Å². The van der Waals surface area contributed by atoms with Crippen LogP contribution in [0.1, 0.15) is 64.7 Å². The van der Waals surface area contributed by atoms with Crippen LogP contribution in [0.15, 0.2) is 0 Å². The van der Waals surface area contributed by atoms with E-state index in [2.05, 4.69) is 12.2 Å². The number of carbonyl (C=O) groups is 1. The molecule has 4 heteroatoms. The Kier molecular flexibility index (Phi) is 8.86. The number of amides is 1. The minimum Gasteiger partial charge on any atom is -0.381 e. The summed E-state index contributed by atoms with van der Waals surface area (Å²) < 4.78 is 5.50. The maximum absolute atomic E-state index is 12.4. The lowest BCUT2D eigenvalue weighted by Crippen LogP contribution is -2.46. The van der Waals surface area contributed by atoms with Crippen LogP contribution in [0.5, 0.6) is 0 Å². The molecule has 0 heterocycles. The van der Waals surface area contributed by atoms with Gasteiger partial charge in [0.1, 0.15) is 0 Å². The number of nitrogens with one attached hydrogen (secondary N) is 1. The van der Waals surface area contributed by atoms with Crippen molar-refractivity contribution in [1.82, 2.24) is 5.32 Å². The molecule has 0 bridgehead atoms. The monoisotopic (exact) mass is 284 g/mol. The van der Waals surface area contributed by atoms with Gasteiger partial charge in [0.25, 0.3) is 0 Å². The van der Waals surface area contributed by atoms with Crippen LogP contribution in [0.2, 0.25) is 0 Å². The number of ether oxygens (including phenoxy) is 1. The molecule has 1 amide bonds. The van der Waals surface area contributed by atoms with Crippen LogP contribution in [0.4, 0.5) is 0 Å². The van der Waals surface area contributed by atoms with Gasteiger partial charge in [0.2, 0.25) is 5.91 Å². The molecule has 0 atom stereocenters. The van der Waals surface area contributed by atoms with Crippen LogP contribution in [0.3, 0.4) is 0 Å². The minimum atomic E-state index is -0.306. The Morgan fingerprint density at radius 2 is 1.80 bits per heavy atom. The lowest BCUT2D eigenvalue weighted by atomic mass is 9.79. The zero-order valence-corrected chi connectivity index (χ0v) is 13.1. The molecule has 0 aromatic carbocycles. The van der Waals surface area contributed by atoms with E-state index in [1.165, 1.54) is 12.8 Å². The van der Waals surface area contributed by atoms with Crippen LogP contribution in [0, 0.1) is 5.41 Å². The van der Waals surface area contributed by atoms with Gasteiger partial charge in [0.15, 0.2) is 0 Å². The molecule has 20 heavy (non-hydrogen) atoms. The Hall–Kier alpha value is -0.610. The fourth-order valence-corrected chi connectivity index (χ4v) is 2.84. The van der Waals surface area contributed by atoms with Crippen LogP contribution in [-0.4, -0.2) is 32.2 Å². The predicted octanol–water partition coefficient (Wildman–Crippen LogP) is 2.61. The van der Waals surface area contributed by atoms with Gasteiger partial charge in [-0.3, -0.25) is 4.79 Å². The third-order valence-corrected chi connectivity index (χ3v) is 4.33. The number of carbonyl (C=O) groups excluding carboxylic acids is 1. The third kappa shape index (κ3) is 5.80. The van der Waals surface area contributed by atoms with Crippen molar-refractivity contribution in [3.05, 3.63) is 0 Å². The molecule has 1 fully saturated rings. The second-order valence-electron chi connectivity index (χ2n) is 5.97. The quantitative estimate of drug-likeness (QED) is 0.505. The smallest absolute Gasteiger partial charge is 0.227 e. The predicted molar refractivity (Wildman–Crippen MR) is 82.5 cm³/mol. The van der Waals surface area contributed by atoms with Crippen molar-refractivity contribution >= 4 is 5.91 Å². The van der Waals surface area contributed by atoms with Crippen molar-refractivity contribution in [1.29, 1.82) is 0 Å². The zero-order valence-electron chi connectivity index (χ0n) is 13.1. The van der Waals surface area contributed by atoms with E-state index >= 15 is 0 Å². The summed E-state index contributed by atoms with van der Waals surface area (Å²) >= 11 is 0. The van der Waals surface area contributed by atoms with Crippen LogP contribution in [-0.2, 0) is 9.53 Å². The van der Waals surface area contributed by atoms with E-state index < -0.39 is 0 Å². The summed E-state index contributed by atoms with van der Waals surface area (Å²) in [5, 5.41) is 3.06. The maximum Gasteiger partial charge on any atom is 0.227 e. The molecule has 0 aliphatic heterocycles. The Bertz CT molecular complexity index is 261. The Balaban J connectivity index is 2.22. The molecule has 0 spiro atoms. The summed E-state index contributed by atoms with van der Waals surface area (Å²) in [6.45, 7) is 4.90. The highest BCUT2D eigenvalue weighted by Crippen LogP contribution is 2.34. The van der Waals surface area contributed by atoms with Gasteiger partial charge in [-0.15, -0.1) is 0 Å². The van der Waals surface area contributed by atoms with Gasteiger partial charge in [0.05, 0.1) is 5.41 Å². The summed E-state index contributed by atoms with van der Waals surface area (Å²) in [5.74, 6) is 0.162. The molecule has 0 saturated heterocycles. The van der Waals surface area contributed by atoms with Gasteiger partial charge in [-0.25, -0.2) is 0 Å². The third-order valence-electron chi connectivity index (χ3n) is 4.33. The van der Waals surface area contributed by atoms with Crippen molar-refractivity contribution in [3.63, 3.8) is 0 Å². The van der Waals surface area contributed by atoms with E-state index in [-0.39, 0.29) is 11.3 Å². The first-order valence-electron chi connectivity index (χ1n) is 8.31. The van der Waals surface area contributed by atoms with Gasteiger partial charge < -0.3 is 15.8 Å². The molecule has 0 radical (unpaired) electrons. The van der Waals surface area contributed by atoms with Crippen molar-refractivity contribution in [2.45, 2.75) is 64.7 Å². The van der Waals surface area contributed by atoms with Crippen molar-refractivity contribution < 1.29 is 9.53 Å². The molecule has 1 saturated carbocycles. The number of nitrogens with two attached hydrogens (primary N) is 1. The SMILES string of the molecule is CCCCOCCCNC(=O)C1(CN)CCCCCC1. The van der Waals surface area contributed by atoms with Crippen LogP contribution in [0.25, 0.3) is 0 Å². The Labute approximate surface area is 123 Å². The average Bonchev–Trinajstić information content (AvgIpc) is 2.72. The molecule has 0 unspecified atom stereocenters. The number of hydrogen-bond donors (Lipinski definition) is 2. The molecular formula is C16H32N2O2. The van der Waals surface area contributed by atoms with Gasteiger partial charge in [0, 0.05) is 26.3 Å². The molecule has 1 aliphatic rings. The first kappa shape index (κ1) is 17.4. The largest absolute Gasteiger partial charge is 0.381 e. The molecule has 1 rings (SSSR count). The number of hydrogen-bond acceptors (Lipinski definition) is 3. The molecular weight excluding hydrogens is 252 g/mol. The fraction of sp³-hybridized carbons (Fsp3) is 0.938. The molecule has 3 N–H and O–H groups in total. The van der Waals surface area contributed by atoms with Crippen LogP contribution < -0.4 is 11.1 Å². The van der Waals surface area contributed by atoms with E-state index in [0.29, 0.717) is 13.1 Å². The second kappa shape index (κ2) is 10.2. The molecule has 1 aliphatic carbocycles. The lowest BCUT2D eigenvalue weighted by molar-refractivity contribution is -0.131. The summed E-state index contributed by atoms with van der Waals surface area (Å²) in [5.41, 5.74) is 5.60. The topological polar surface area (TPSA) is 64.3 Å². The lowest BCUT2D eigenvalue weighted by Gasteiger charge is -2.29. The van der Waals surface area contributed by atoms with Gasteiger partial charge >= 0.3 is 0 Å². The average molecular weight is 284 g/mol. The van der Waals surface area contributed by atoms with Gasteiger partial charge in [-0.05, 0) is 25.7 Å². The maximum atomic E-state index is 12.4. The molecule has 0 aromatic rings. The molecule has 4 nitrogen and oxygen atoms in total. The van der Waals surface area contributed by atoms with Gasteiger partial charge in [-0.2, -0.15) is 0 Å². The second-order valence-corrected chi connectivity index (χ2v) is 5.97. The minimum absolute atomic E-state index is 0.162. The standard InChI is InChI=1S/C16H32N2O2/c1-2-3-12-20-13-8-11-18-15(19)16(14-17)9-6-4-5-7-10-16/h2-14,17H2,1H3,(H,18,19). The Morgan fingerprint density at radius 3 is 2.40 bits per heavy atom. The molecule has 118 valence electrons. The van der Waals surface area contributed by atoms with E-state index in [9.17, 15) is 4.79 Å². The highest BCUT2D eigenvalue weighted by atomic mass is 16.5. The van der Waals surface area contributed by atoms with E-state index in [0.717, 1.165) is 58.2 Å². The first-order valence-corrected chi connectivity index (χ1v) is 8.31. The van der Waals surface area contributed by atoms with Crippen molar-refractivity contribution in [2.75, 3.05) is 26.3 Å². The Morgan fingerprint density at radius 1 is 1.15 bits per heavy atom. The summed E-state index contributed by atoms with van der Waals surface area (Å²) in [7, 11) is 0. The molecule has 0 aromatic heterocycles. The zero-order chi connectivity index (χ0) is 14.7. The summed E-state index contributed by atoms with van der Waals surface area (Å²) in [4.78, 5) is 12.4. The number of unbranched alkanes of at least 4 members (excludes halogenated alkanes) is 1. The highest BCUT2D eigenvalue weighted by Gasteiger charge is 2.36. The highest BCUT2D eigenvalue weighted by molar-refractivity contribution is 5.82. The number of rotatable bonds is 9. The summed E-state index contributed by atoms with van der Waals surface area (Å²) in [6, 6.07) is 0. The van der Waals surface area contributed by atoms with Crippen molar-refractivity contribution in [2.24, 2.45) is 11.1 Å². The summed E-state index contributed by atoms with van der Waals surface area (Å²) in [6.07, 6.45) is 9.79. The van der Waals surface area contributed by atoms with Crippen LogP contribution >= 0.6 is 0 Å². The van der Waals surface area contributed by atoms with E-state index in [4.69, 9.17) is 10.5 Å².